The van der Waals surface area contributed by atoms with Crippen LogP contribution in [0.3, 0.4) is 0 Å². The number of nitrogens with two attached hydrogens (primary N) is 1. The van der Waals surface area contributed by atoms with Gasteiger partial charge < -0.3 is 15.5 Å². The molecule has 122 valence electrons. The van der Waals surface area contributed by atoms with E-state index in [0.717, 1.165) is 24.3 Å². The summed E-state index contributed by atoms with van der Waals surface area (Å²) in [6.07, 6.45) is 0. The molecular formula is C16H9F3N2O3. The van der Waals surface area contributed by atoms with Crippen LogP contribution in [0.25, 0.3) is 11.0 Å². The van der Waals surface area contributed by atoms with Gasteiger partial charge in [0.15, 0.2) is 11.6 Å². The molecule has 3 N–H and O–H groups in total. The molecule has 0 saturated carbocycles. The zero-order valence-electron chi connectivity index (χ0n) is 11.9. The number of carbonyl (C=O) groups is 2. The molecule has 8 heteroatoms. The molecule has 2 aromatic carbocycles. The van der Waals surface area contributed by atoms with Gasteiger partial charge >= 0.3 is 0 Å². The third-order valence-electron chi connectivity index (χ3n) is 3.29. The van der Waals surface area contributed by atoms with Crippen molar-refractivity contribution in [3.63, 3.8) is 0 Å². The van der Waals surface area contributed by atoms with E-state index < -0.39 is 29.3 Å². The maximum Gasteiger partial charge on any atom is 0.286 e. The van der Waals surface area contributed by atoms with Crippen molar-refractivity contribution in [3.8, 4) is 0 Å². The van der Waals surface area contributed by atoms with Crippen LogP contribution in [0.4, 0.5) is 18.9 Å². The predicted molar refractivity (Wildman–Crippen MR) is 79.0 cm³/mol. The molecule has 0 aliphatic heterocycles. The van der Waals surface area contributed by atoms with Gasteiger partial charge in [0.05, 0.1) is 0 Å². The molecule has 3 rings (SSSR count). The van der Waals surface area contributed by atoms with Crippen molar-refractivity contribution in [1.29, 1.82) is 0 Å². The number of fused-ring (bicyclic) bond motifs is 1. The molecule has 0 aliphatic carbocycles. The van der Waals surface area contributed by atoms with Crippen molar-refractivity contribution in [2.75, 3.05) is 5.32 Å². The number of halogens is 3. The fourth-order valence-corrected chi connectivity index (χ4v) is 2.19. The van der Waals surface area contributed by atoms with Crippen LogP contribution in [-0.2, 0) is 0 Å². The Hall–Kier alpha value is -3.29. The number of rotatable bonds is 3. The minimum atomic E-state index is -1.21. The highest BCUT2D eigenvalue weighted by atomic mass is 19.2. The highest BCUT2D eigenvalue weighted by Crippen LogP contribution is 2.31. The van der Waals surface area contributed by atoms with E-state index in [4.69, 9.17) is 10.2 Å². The lowest BCUT2D eigenvalue weighted by molar-refractivity contribution is 0.0977. The van der Waals surface area contributed by atoms with Gasteiger partial charge in [-0.15, -0.1) is 0 Å². The summed E-state index contributed by atoms with van der Waals surface area (Å²) < 4.78 is 44.8. The minimum Gasteiger partial charge on any atom is -0.449 e. The molecule has 3 aromatic rings. The highest BCUT2D eigenvalue weighted by Gasteiger charge is 2.22. The average Bonchev–Trinajstić information content (AvgIpc) is 2.88. The monoisotopic (exact) mass is 334 g/mol. The van der Waals surface area contributed by atoms with Crippen molar-refractivity contribution in [2.24, 2.45) is 5.73 Å². The first-order chi connectivity index (χ1) is 11.4. The maximum atomic E-state index is 13.4. The van der Waals surface area contributed by atoms with Gasteiger partial charge in [0.25, 0.3) is 11.8 Å². The summed E-state index contributed by atoms with van der Waals surface area (Å²) in [7, 11) is 0. The van der Waals surface area contributed by atoms with E-state index in [1.807, 2.05) is 0 Å². The zero-order chi connectivity index (χ0) is 17.4. The Bertz CT molecular complexity index is 982. The van der Waals surface area contributed by atoms with E-state index in [1.54, 1.807) is 0 Å². The minimum absolute atomic E-state index is 0.111. The lowest BCUT2D eigenvalue weighted by atomic mass is 10.1. The van der Waals surface area contributed by atoms with Crippen LogP contribution in [0.1, 0.15) is 20.9 Å². The van der Waals surface area contributed by atoms with Crippen LogP contribution in [0.15, 0.2) is 40.8 Å². The molecule has 0 saturated heterocycles. The fraction of sp³-hybridized carbons (Fsp3) is 0. The predicted octanol–water partition coefficient (Wildman–Crippen LogP) is 3.20. The number of hydrogen-bond acceptors (Lipinski definition) is 3. The molecule has 1 heterocycles. The van der Waals surface area contributed by atoms with E-state index in [1.165, 1.54) is 6.07 Å². The first-order valence-corrected chi connectivity index (χ1v) is 6.65. The average molecular weight is 334 g/mol. The van der Waals surface area contributed by atoms with Gasteiger partial charge in [0, 0.05) is 10.9 Å². The molecule has 0 bridgehead atoms. The Kier molecular flexibility index (Phi) is 3.72. The number of carbonyl (C=O) groups excluding carboxylic acids is 2. The molecular weight excluding hydrogens is 325 g/mol. The summed E-state index contributed by atoms with van der Waals surface area (Å²) in [5.74, 6) is -5.15. The number of amides is 2. The molecule has 24 heavy (non-hydrogen) atoms. The van der Waals surface area contributed by atoms with Crippen LogP contribution in [0.5, 0.6) is 0 Å². The Morgan fingerprint density at radius 3 is 2.42 bits per heavy atom. The molecule has 0 radical (unpaired) electrons. The van der Waals surface area contributed by atoms with E-state index in [0.29, 0.717) is 6.07 Å². The summed E-state index contributed by atoms with van der Waals surface area (Å²) in [5, 5.41) is 2.43. The summed E-state index contributed by atoms with van der Waals surface area (Å²) in [6.45, 7) is 0. The lowest BCUT2D eigenvalue weighted by Gasteiger charge is -2.05. The first-order valence-electron chi connectivity index (χ1n) is 6.65. The topological polar surface area (TPSA) is 85.3 Å². The molecule has 0 unspecified atom stereocenters. The van der Waals surface area contributed by atoms with Gasteiger partial charge in [0.2, 0.25) is 5.76 Å². The van der Waals surface area contributed by atoms with Crippen molar-refractivity contribution in [1.82, 2.24) is 0 Å². The first kappa shape index (κ1) is 15.6. The largest absolute Gasteiger partial charge is 0.449 e. The second kappa shape index (κ2) is 5.73. The molecule has 0 spiro atoms. The van der Waals surface area contributed by atoms with Crippen LogP contribution >= 0.6 is 0 Å². The third kappa shape index (κ3) is 2.69. The molecule has 1 aromatic heterocycles. The lowest BCUT2D eigenvalue weighted by Crippen LogP contribution is -2.17. The second-order valence-electron chi connectivity index (χ2n) is 4.89. The van der Waals surface area contributed by atoms with E-state index in [2.05, 4.69) is 5.32 Å². The molecule has 0 aliphatic rings. The Labute approximate surface area is 132 Å². The van der Waals surface area contributed by atoms with Gasteiger partial charge in [-0.25, -0.2) is 13.2 Å². The smallest absolute Gasteiger partial charge is 0.286 e. The third-order valence-corrected chi connectivity index (χ3v) is 3.29. The Morgan fingerprint density at radius 1 is 1.00 bits per heavy atom. The SMILES string of the molecule is NC(=O)c1oc2ccc(F)cc2c1NC(=O)c1ccc(F)c(F)c1. The van der Waals surface area contributed by atoms with Crippen LogP contribution in [0.2, 0.25) is 0 Å². The van der Waals surface area contributed by atoms with Gasteiger partial charge in [-0.3, -0.25) is 9.59 Å². The van der Waals surface area contributed by atoms with Crippen molar-refractivity contribution in [3.05, 3.63) is 65.2 Å². The van der Waals surface area contributed by atoms with Crippen LogP contribution in [0, 0.1) is 17.5 Å². The van der Waals surface area contributed by atoms with Crippen molar-refractivity contribution < 1.29 is 27.2 Å². The molecule has 0 atom stereocenters. The second-order valence-corrected chi connectivity index (χ2v) is 4.89. The van der Waals surface area contributed by atoms with Gasteiger partial charge in [0.1, 0.15) is 17.1 Å². The van der Waals surface area contributed by atoms with Crippen molar-refractivity contribution >= 4 is 28.5 Å². The molecule has 2 amide bonds. The van der Waals surface area contributed by atoms with E-state index >= 15 is 0 Å². The molecule has 5 nitrogen and oxygen atoms in total. The molecule has 0 fully saturated rings. The van der Waals surface area contributed by atoms with Crippen molar-refractivity contribution in [2.45, 2.75) is 0 Å². The standard InChI is InChI=1S/C16H9F3N2O3/c17-8-2-4-12-9(6-8)13(14(24-12)15(20)22)21-16(23)7-1-3-10(18)11(19)5-7/h1-6H,(H2,20,22)(H,21,23). The van der Waals surface area contributed by atoms with E-state index in [-0.39, 0.29) is 28.0 Å². The fourth-order valence-electron chi connectivity index (χ4n) is 2.19. The van der Waals surface area contributed by atoms with Gasteiger partial charge in [-0.05, 0) is 36.4 Å². The number of hydrogen-bond donors (Lipinski definition) is 2. The van der Waals surface area contributed by atoms with Gasteiger partial charge in [-0.1, -0.05) is 0 Å². The Balaban J connectivity index is 2.06. The number of nitrogens with one attached hydrogen (secondary N) is 1. The Morgan fingerprint density at radius 2 is 1.75 bits per heavy atom. The summed E-state index contributed by atoms with van der Waals surface area (Å²) >= 11 is 0. The maximum absolute atomic E-state index is 13.4. The quantitative estimate of drug-likeness (QED) is 0.771. The summed E-state index contributed by atoms with van der Waals surface area (Å²) in [4.78, 5) is 23.7. The van der Waals surface area contributed by atoms with Gasteiger partial charge in [-0.2, -0.15) is 0 Å². The summed E-state index contributed by atoms with van der Waals surface area (Å²) in [5.41, 5.74) is 4.97. The number of benzene rings is 2. The number of furan rings is 1. The number of primary amides is 1. The van der Waals surface area contributed by atoms with E-state index in [9.17, 15) is 22.8 Å². The van der Waals surface area contributed by atoms with Crippen LogP contribution in [-0.4, -0.2) is 11.8 Å². The normalized spacial score (nSPS) is 10.8. The number of anilines is 1. The van der Waals surface area contributed by atoms with Crippen LogP contribution < -0.4 is 11.1 Å². The highest BCUT2D eigenvalue weighted by molar-refractivity contribution is 6.14. The zero-order valence-corrected chi connectivity index (χ0v) is 11.9. The summed E-state index contributed by atoms with van der Waals surface area (Å²) in [6, 6.07) is 5.96.